The lowest BCUT2D eigenvalue weighted by Gasteiger charge is -2.33. The Bertz CT molecular complexity index is 517. The van der Waals surface area contributed by atoms with Crippen molar-refractivity contribution in [2.45, 2.75) is 31.7 Å². The minimum atomic E-state index is -4.43. The molecule has 1 nitrogen and oxygen atoms in total. The molecule has 0 atom stereocenters. The highest BCUT2D eigenvalue weighted by Crippen LogP contribution is 2.36. The summed E-state index contributed by atoms with van der Waals surface area (Å²) >= 11 is 3.19. The molecule has 8 heteroatoms. The molecule has 0 radical (unpaired) electrons. The molecule has 124 valence electrons. The van der Waals surface area contributed by atoms with Gasteiger partial charge in [0.1, 0.15) is 0 Å². The number of rotatable bonds is 2. The highest BCUT2D eigenvalue weighted by atomic mass is 79.9. The molecule has 2 rings (SSSR count). The zero-order valence-electron chi connectivity index (χ0n) is 11.4. The molecule has 0 aliphatic carbocycles. The highest BCUT2D eigenvalue weighted by Gasteiger charge is 2.41. The van der Waals surface area contributed by atoms with Gasteiger partial charge in [-0.05, 0) is 49.7 Å². The Kier molecular flexibility index (Phi) is 5.11. The van der Waals surface area contributed by atoms with Gasteiger partial charge in [0.05, 0.1) is 11.5 Å². The lowest BCUT2D eigenvalue weighted by atomic mass is 9.96. The second-order valence-electron chi connectivity index (χ2n) is 5.40. The van der Waals surface area contributed by atoms with Gasteiger partial charge >= 0.3 is 12.4 Å². The maximum Gasteiger partial charge on any atom is 0.416 e. The first-order chi connectivity index (χ1) is 10.1. The molecule has 22 heavy (non-hydrogen) atoms. The van der Waals surface area contributed by atoms with Gasteiger partial charge < -0.3 is 0 Å². The Morgan fingerprint density at radius 1 is 1.05 bits per heavy atom. The Hall–Kier alpha value is -0.760. The summed E-state index contributed by atoms with van der Waals surface area (Å²) in [4.78, 5) is 1.75. The van der Waals surface area contributed by atoms with Crippen LogP contribution in [0.4, 0.5) is 26.3 Å². The topological polar surface area (TPSA) is 3.24 Å². The van der Waals surface area contributed by atoms with E-state index >= 15 is 0 Å². The summed E-state index contributed by atoms with van der Waals surface area (Å²) in [6, 6.07) is 3.34. The Balaban J connectivity index is 2.03. The van der Waals surface area contributed by atoms with E-state index in [9.17, 15) is 26.3 Å². The molecule has 0 amide bonds. The lowest BCUT2D eigenvalue weighted by Crippen LogP contribution is -2.38. The van der Waals surface area contributed by atoms with Gasteiger partial charge in [-0.15, -0.1) is 0 Å². The van der Waals surface area contributed by atoms with Gasteiger partial charge in [-0.25, -0.2) is 0 Å². The smallest absolute Gasteiger partial charge is 0.299 e. The molecule has 1 heterocycles. The molecule has 1 fully saturated rings. The van der Waals surface area contributed by atoms with Gasteiger partial charge in [-0.2, -0.15) is 26.3 Å². The minimum Gasteiger partial charge on any atom is -0.299 e. The van der Waals surface area contributed by atoms with Crippen molar-refractivity contribution in [1.29, 1.82) is 0 Å². The van der Waals surface area contributed by atoms with Crippen LogP contribution in [0.5, 0.6) is 0 Å². The number of likely N-dealkylation sites (tertiary alicyclic amines) is 1. The van der Waals surface area contributed by atoms with Crippen molar-refractivity contribution in [3.05, 3.63) is 33.8 Å². The predicted molar refractivity (Wildman–Crippen MR) is 73.2 cm³/mol. The second kappa shape index (κ2) is 6.39. The normalized spacial score (nSPS) is 18.7. The molecular formula is C14H14BrF6N. The number of halogens is 7. The summed E-state index contributed by atoms with van der Waals surface area (Å²) in [7, 11) is 0. The number of piperidine rings is 1. The van der Waals surface area contributed by atoms with Crippen LogP contribution in [-0.4, -0.2) is 24.2 Å². The molecule has 1 saturated heterocycles. The van der Waals surface area contributed by atoms with Gasteiger partial charge in [-0.3, -0.25) is 4.90 Å². The standard InChI is InChI=1S/C14H14BrF6N/c15-12-2-1-11(14(19,20)21)7-9(12)8-22-5-3-10(4-6-22)13(16,17)18/h1-2,7,10H,3-6,8H2. The molecule has 1 aromatic rings. The maximum absolute atomic E-state index is 12.7. The first kappa shape index (κ1) is 17.6. The average molecular weight is 390 g/mol. The second-order valence-corrected chi connectivity index (χ2v) is 6.25. The molecule has 0 bridgehead atoms. The monoisotopic (exact) mass is 389 g/mol. The van der Waals surface area contributed by atoms with Crippen LogP contribution in [0.25, 0.3) is 0 Å². The van der Waals surface area contributed by atoms with E-state index in [0.717, 1.165) is 12.1 Å². The minimum absolute atomic E-state index is 0.0138. The summed E-state index contributed by atoms with van der Waals surface area (Å²) in [6.45, 7) is 0.662. The van der Waals surface area contributed by atoms with E-state index in [-0.39, 0.29) is 32.5 Å². The van der Waals surface area contributed by atoms with Crippen molar-refractivity contribution in [2.75, 3.05) is 13.1 Å². The lowest BCUT2D eigenvalue weighted by molar-refractivity contribution is -0.185. The molecule has 1 aliphatic rings. The molecular weight excluding hydrogens is 376 g/mol. The van der Waals surface area contributed by atoms with E-state index in [2.05, 4.69) is 15.9 Å². The van der Waals surface area contributed by atoms with Crippen LogP contribution in [0.2, 0.25) is 0 Å². The Labute approximate surface area is 132 Å². The zero-order chi connectivity index (χ0) is 16.5. The van der Waals surface area contributed by atoms with Gasteiger partial charge in [0.2, 0.25) is 0 Å². The molecule has 0 N–H and O–H groups in total. The number of nitrogens with zero attached hydrogens (tertiary/aromatic N) is 1. The van der Waals surface area contributed by atoms with E-state index in [1.54, 1.807) is 4.90 Å². The van der Waals surface area contributed by atoms with Crippen LogP contribution < -0.4 is 0 Å². The fourth-order valence-electron chi connectivity index (χ4n) is 2.53. The predicted octanol–water partition coefficient (Wildman–Crippen LogP) is 5.24. The van der Waals surface area contributed by atoms with Crippen molar-refractivity contribution in [3.63, 3.8) is 0 Å². The molecule has 1 aliphatic heterocycles. The summed E-state index contributed by atoms with van der Waals surface area (Å²) in [5, 5.41) is 0. The van der Waals surface area contributed by atoms with Crippen LogP contribution in [0.15, 0.2) is 22.7 Å². The largest absolute Gasteiger partial charge is 0.416 e. The Morgan fingerprint density at radius 2 is 1.64 bits per heavy atom. The zero-order valence-corrected chi connectivity index (χ0v) is 13.0. The average Bonchev–Trinajstić information content (AvgIpc) is 2.39. The summed E-state index contributed by atoms with van der Waals surface area (Å²) < 4.78 is 76.4. The van der Waals surface area contributed by atoms with Gasteiger partial charge in [-0.1, -0.05) is 15.9 Å². The maximum atomic E-state index is 12.7. The fraction of sp³-hybridized carbons (Fsp3) is 0.571. The summed E-state index contributed by atoms with van der Waals surface area (Å²) in [5.74, 6) is -1.31. The van der Waals surface area contributed by atoms with Gasteiger partial charge in [0.25, 0.3) is 0 Å². The summed E-state index contributed by atoms with van der Waals surface area (Å²) in [5.41, 5.74) is -0.323. The number of alkyl halides is 6. The third kappa shape index (κ3) is 4.38. The molecule has 0 unspecified atom stereocenters. The van der Waals surface area contributed by atoms with Crippen molar-refractivity contribution in [1.82, 2.24) is 4.90 Å². The van der Waals surface area contributed by atoms with Crippen molar-refractivity contribution in [2.24, 2.45) is 5.92 Å². The van der Waals surface area contributed by atoms with Crippen LogP contribution in [0.1, 0.15) is 24.0 Å². The van der Waals surface area contributed by atoms with E-state index < -0.39 is 23.8 Å². The molecule has 0 aromatic heterocycles. The fourth-order valence-corrected chi connectivity index (χ4v) is 2.90. The van der Waals surface area contributed by atoms with Crippen LogP contribution in [0, 0.1) is 5.92 Å². The van der Waals surface area contributed by atoms with Gasteiger partial charge in [0, 0.05) is 11.0 Å². The van der Waals surface area contributed by atoms with Crippen LogP contribution in [0.3, 0.4) is 0 Å². The molecule has 1 aromatic carbocycles. The number of hydrogen-bond donors (Lipinski definition) is 0. The number of benzene rings is 1. The van der Waals surface area contributed by atoms with Gasteiger partial charge in [0.15, 0.2) is 0 Å². The quantitative estimate of drug-likeness (QED) is 0.625. The molecule has 0 spiro atoms. The first-order valence-electron chi connectivity index (χ1n) is 6.72. The van der Waals surface area contributed by atoms with E-state index in [1.807, 2.05) is 0 Å². The van der Waals surface area contributed by atoms with Crippen molar-refractivity contribution in [3.8, 4) is 0 Å². The van der Waals surface area contributed by atoms with Crippen molar-refractivity contribution >= 4 is 15.9 Å². The molecule has 0 saturated carbocycles. The van der Waals surface area contributed by atoms with Crippen LogP contribution in [-0.2, 0) is 12.7 Å². The Morgan fingerprint density at radius 3 is 2.14 bits per heavy atom. The summed E-state index contributed by atoms with van der Waals surface area (Å²) in [6.07, 6.45) is -8.65. The van der Waals surface area contributed by atoms with E-state index in [0.29, 0.717) is 10.0 Å². The van der Waals surface area contributed by atoms with E-state index in [4.69, 9.17) is 0 Å². The first-order valence-corrected chi connectivity index (χ1v) is 7.51. The van der Waals surface area contributed by atoms with E-state index in [1.165, 1.54) is 6.07 Å². The van der Waals surface area contributed by atoms with Crippen LogP contribution >= 0.6 is 15.9 Å². The third-order valence-electron chi connectivity index (χ3n) is 3.82. The highest BCUT2D eigenvalue weighted by molar-refractivity contribution is 9.10. The SMILES string of the molecule is FC(F)(F)c1ccc(Br)c(CN2CCC(C(F)(F)F)CC2)c1. The van der Waals surface area contributed by atoms with Crippen molar-refractivity contribution < 1.29 is 26.3 Å². The number of hydrogen-bond acceptors (Lipinski definition) is 1. The third-order valence-corrected chi connectivity index (χ3v) is 4.59.